The van der Waals surface area contributed by atoms with Gasteiger partial charge in [0.25, 0.3) is 5.88 Å². The lowest BCUT2D eigenvalue weighted by atomic mass is 10.5. The summed E-state index contributed by atoms with van der Waals surface area (Å²) in [5, 5.41) is 14.1. The van der Waals surface area contributed by atoms with Gasteiger partial charge >= 0.3 is 0 Å². The Balaban J connectivity index is 0.000000314. The molecule has 0 aliphatic rings. The van der Waals surface area contributed by atoms with Crippen molar-refractivity contribution in [3.05, 3.63) is 32.6 Å². The van der Waals surface area contributed by atoms with Gasteiger partial charge in [-0.25, -0.2) is 0 Å². The first-order valence-electron chi connectivity index (χ1n) is 7.52. The van der Waals surface area contributed by atoms with Gasteiger partial charge in [0.15, 0.2) is 21.2 Å². The Labute approximate surface area is 143 Å². The molecule has 0 spiro atoms. The van der Waals surface area contributed by atoms with E-state index in [9.17, 15) is 0 Å². The average Bonchev–Trinajstić information content (AvgIpc) is 2.44. The third-order valence-electron chi connectivity index (χ3n) is 1.58. The number of rotatable bonds is 2. The summed E-state index contributed by atoms with van der Waals surface area (Å²) in [5.74, 6) is -0.980. The minimum Gasteiger partial charge on any atom is -0.491 e. The Bertz CT molecular complexity index is 761. The molecular formula is C10H8Cl4N4O2. The summed E-state index contributed by atoms with van der Waals surface area (Å²) in [5.41, 5.74) is 0. The van der Waals surface area contributed by atoms with Gasteiger partial charge in [-0.15, -0.1) is 20.4 Å². The van der Waals surface area contributed by atoms with Gasteiger partial charge in [0.05, 0.1) is 27.3 Å². The lowest BCUT2D eigenvalue weighted by Crippen LogP contribution is -1.95. The molecule has 2 heterocycles. The average molecular weight is 364 g/mol. The fourth-order valence-corrected chi connectivity index (χ4v) is 1.39. The van der Waals surface area contributed by atoms with Crippen LogP contribution in [0, 0.1) is 0 Å². The van der Waals surface area contributed by atoms with Crippen LogP contribution in [0.25, 0.3) is 0 Å². The summed E-state index contributed by atoms with van der Waals surface area (Å²) >= 11 is 21.8. The maximum absolute atomic E-state index is 6.89. The molecule has 6 nitrogen and oxygen atoms in total. The number of methoxy groups -OCH3 is 2. The van der Waals surface area contributed by atoms with E-state index in [0.29, 0.717) is 5.02 Å². The zero-order valence-corrected chi connectivity index (χ0v) is 12.3. The molecule has 0 bridgehead atoms. The van der Waals surface area contributed by atoms with Crippen LogP contribution in [0.3, 0.4) is 0 Å². The second-order valence-electron chi connectivity index (χ2n) is 2.85. The van der Waals surface area contributed by atoms with Gasteiger partial charge in [-0.2, -0.15) is 0 Å². The fourth-order valence-electron chi connectivity index (χ4n) is 0.817. The van der Waals surface area contributed by atoms with Crippen molar-refractivity contribution in [2.75, 3.05) is 14.1 Å². The second-order valence-corrected chi connectivity index (χ2v) is 4.39. The highest BCUT2D eigenvalue weighted by Gasteiger charge is 2.05. The number of aromatic nitrogens is 4. The Kier molecular flexibility index (Phi) is 4.04. The van der Waals surface area contributed by atoms with Gasteiger partial charge < -0.3 is 9.47 Å². The number of hydrogen-bond donors (Lipinski definition) is 0. The molecule has 0 aliphatic heterocycles. The Morgan fingerprint density at radius 3 is 2.15 bits per heavy atom. The van der Waals surface area contributed by atoms with Crippen LogP contribution >= 0.6 is 46.4 Å². The minimum absolute atomic E-state index is 0.151. The molecule has 0 fully saturated rings. The molecule has 0 unspecified atom stereocenters. The van der Waals surface area contributed by atoms with E-state index < -0.39 is 25.7 Å². The van der Waals surface area contributed by atoms with E-state index in [4.69, 9.17) is 54.6 Å². The third-order valence-corrected chi connectivity index (χ3v) is 2.61. The molecule has 0 saturated carbocycles. The lowest BCUT2D eigenvalue weighted by molar-refractivity contribution is 0.338. The van der Waals surface area contributed by atoms with Crippen LogP contribution in [0.15, 0.2) is 12.1 Å². The fraction of sp³-hybridized carbons (Fsp3) is 0.200. The number of ether oxygens (including phenoxy) is 2. The van der Waals surface area contributed by atoms with Gasteiger partial charge in [-0.3, -0.25) is 0 Å². The van der Waals surface area contributed by atoms with Crippen molar-refractivity contribution < 1.29 is 17.7 Å². The van der Waals surface area contributed by atoms with Crippen LogP contribution in [-0.4, -0.2) is 34.5 Å². The van der Waals surface area contributed by atoms with Crippen LogP contribution in [0.2, 0.25) is 20.5 Å². The second kappa shape index (κ2) is 8.26. The molecule has 2 aromatic heterocycles. The smallest absolute Gasteiger partial charge is 0.276 e. The number of hydrogen-bond acceptors (Lipinski definition) is 6. The molecule has 0 amide bonds. The molecule has 20 heavy (non-hydrogen) atoms. The molecule has 108 valence electrons. The van der Waals surface area contributed by atoms with Gasteiger partial charge in [0, 0.05) is 6.07 Å². The number of halogens is 4. The summed E-state index contributed by atoms with van der Waals surface area (Å²) in [6.45, 7) is 0. The summed E-state index contributed by atoms with van der Waals surface area (Å²) < 4.78 is 50.2. The molecule has 0 aromatic carbocycles. The normalized spacial score (nSPS) is 15.2. The first kappa shape index (κ1) is 9.78. The maximum Gasteiger partial charge on any atom is 0.276 e. The van der Waals surface area contributed by atoms with Crippen molar-refractivity contribution in [1.29, 1.82) is 0 Å². The van der Waals surface area contributed by atoms with E-state index in [-0.39, 0.29) is 15.5 Å². The Morgan fingerprint density at radius 2 is 1.55 bits per heavy atom. The van der Waals surface area contributed by atoms with Gasteiger partial charge in [-0.1, -0.05) is 46.4 Å². The molecule has 2 aromatic rings. The Morgan fingerprint density at radius 1 is 0.900 bits per heavy atom. The van der Waals surface area contributed by atoms with Gasteiger partial charge in [0.1, 0.15) is 0 Å². The SMILES string of the molecule is Clc1cc(Cl)c(Cl)nn1.[2H]C([2H])([2H])Oc1cc(Cl)nnc1OC([2H])([2H])[2H]. The highest BCUT2D eigenvalue weighted by atomic mass is 35.5. The maximum atomic E-state index is 6.89. The molecule has 2 rings (SSSR count). The summed E-state index contributed by atoms with van der Waals surface area (Å²) in [6.07, 6.45) is 0. The topological polar surface area (TPSA) is 70.0 Å². The van der Waals surface area contributed by atoms with Crippen LogP contribution in [-0.2, 0) is 0 Å². The Hall–Kier alpha value is -1.08. The molecule has 0 atom stereocenters. The van der Waals surface area contributed by atoms with Crippen molar-refractivity contribution in [2.24, 2.45) is 0 Å². The highest BCUT2D eigenvalue weighted by Crippen LogP contribution is 2.24. The molecule has 0 N–H and O–H groups in total. The van der Waals surface area contributed by atoms with Crippen molar-refractivity contribution in [3.8, 4) is 11.6 Å². The van der Waals surface area contributed by atoms with Crippen molar-refractivity contribution in [2.45, 2.75) is 0 Å². The number of nitrogens with zero attached hydrogens (tertiary/aromatic N) is 4. The predicted octanol–water partition coefficient (Wildman–Crippen LogP) is 3.58. The quantitative estimate of drug-likeness (QED) is 0.811. The van der Waals surface area contributed by atoms with E-state index >= 15 is 0 Å². The first-order valence-corrected chi connectivity index (χ1v) is 6.03. The molecule has 0 aliphatic carbocycles. The van der Waals surface area contributed by atoms with E-state index in [1.54, 1.807) is 0 Å². The van der Waals surface area contributed by atoms with Crippen molar-refractivity contribution in [3.63, 3.8) is 0 Å². The van der Waals surface area contributed by atoms with Gasteiger partial charge in [-0.05, 0) is 6.07 Å². The van der Waals surface area contributed by atoms with E-state index in [1.807, 2.05) is 0 Å². The lowest BCUT2D eigenvalue weighted by Gasteiger charge is -2.03. The summed E-state index contributed by atoms with van der Waals surface area (Å²) in [4.78, 5) is 0. The molecule has 10 heteroatoms. The summed E-state index contributed by atoms with van der Waals surface area (Å²) in [7, 11) is -5.57. The van der Waals surface area contributed by atoms with Crippen LogP contribution in [0.1, 0.15) is 8.22 Å². The van der Waals surface area contributed by atoms with Crippen LogP contribution < -0.4 is 9.47 Å². The molecule has 0 saturated heterocycles. The standard InChI is InChI=1S/C6H7ClN2O2.C4HCl3N2/c1-10-4-3-5(7)8-9-6(4)11-2;5-2-1-3(6)8-9-4(2)7/h3H,1-2H3;1H/i1D3,2D3;. The molecular weight excluding hydrogens is 350 g/mol. The zero-order chi connectivity index (χ0) is 20.1. The van der Waals surface area contributed by atoms with Crippen LogP contribution in [0.4, 0.5) is 0 Å². The van der Waals surface area contributed by atoms with Crippen molar-refractivity contribution >= 4 is 46.4 Å². The first-order chi connectivity index (χ1) is 11.8. The highest BCUT2D eigenvalue weighted by molar-refractivity contribution is 6.42. The third kappa shape index (κ3) is 5.13. The predicted molar refractivity (Wildman–Crippen MR) is 77.2 cm³/mol. The largest absolute Gasteiger partial charge is 0.491 e. The van der Waals surface area contributed by atoms with Gasteiger partial charge in [0.2, 0.25) is 0 Å². The monoisotopic (exact) mass is 362 g/mol. The summed E-state index contributed by atoms with van der Waals surface area (Å²) in [6, 6.07) is 2.43. The minimum atomic E-state index is -2.80. The van der Waals surface area contributed by atoms with E-state index in [0.717, 1.165) is 6.07 Å². The van der Waals surface area contributed by atoms with E-state index in [2.05, 4.69) is 29.9 Å². The van der Waals surface area contributed by atoms with Crippen LogP contribution in [0.5, 0.6) is 11.6 Å². The molecule has 0 radical (unpaired) electrons. The van der Waals surface area contributed by atoms with E-state index in [1.165, 1.54) is 6.07 Å². The zero-order valence-electron chi connectivity index (χ0n) is 15.3. The van der Waals surface area contributed by atoms with Crippen molar-refractivity contribution in [1.82, 2.24) is 20.4 Å².